The Hall–Kier alpha value is -0.510. The summed E-state index contributed by atoms with van der Waals surface area (Å²) >= 11 is 11.8. The van der Waals surface area contributed by atoms with Crippen molar-refractivity contribution in [3.8, 4) is 0 Å². The Balaban J connectivity index is 2.42. The second kappa shape index (κ2) is 4.56. The van der Waals surface area contributed by atoms with Gasteiger partial charge in [0.05, 0.1) is 6.61 Å². The fraction of sp³-hybridized carbons (Fsp3) is 0.500. The van der Waals surface area contributed by atoms with Crippen LogP contribution in [0.25, 0.3) is 0 Å². The summed E-state index contributed by atoms with van der Waals surface area (Å²) in [5.74, 6) is 0. The average molecular weight is 247 g/mol. The molecule has 1 saturated heterocycles. The molecule has 2 heterocycles. The zero-order chi connectivity index (χ0) is 10.8. The summed E-state index contributed by atoms with van der Waals surface area (Å²) < 4.78 is 0. The zero-order valence-electron chi connectivity index (χ0n) is 8.21. The SMILES string of the molecule is OCc1c(N2CCCC2)cc(Cl)nc1Cl. The van der Waals surface area contributed by atoms with Crippen molar-refractivity contribution in [2.75, 3.05) is 18.0 Å². The van der Waals surface area contributed by atoms with Gasteiger partial charge in [0.25, 0.3) is 0 Å². The number of pyridine rings is 1. The second-order valence-corrected chi connectivity index (χ2v) is 4.33. The predicted octanol–water partition coefficient (Wildman–Crippen LogP) is 2.48. The molecule has 1 aromatic heterocycles. The van der Waals surface area contributed by atoms with E-state index in [-0.39, 0.29) is 6.61 Å². The average Bonchev–Trinajstić information content (AvgIpc) is 2.69. The van der Waals surface area contributed by atoms with Gasteiger partial charge in [-0.05, 0) is 18.9 Å². The quantitative estimate of drug-likeness (QED) is 0.815. The van der Waals surface area contributed by atoms with Crippen LogP contribution in [-0.2, 0) is 6.61 Å². The molecule has 1 aliphatic heterocycles. The van der Waals surface area contributed by atoms with Crippen LogP contribution in [0.5, 0.6) is 0 Å². The largest absolute Gasteiger partial charge is 0.391 e. The molecular formula is C10H12Cl2N2O. The van der Waals surface area contributed by atoms with E-state index in [2.05, 4.69) is 9.88 Å². The zero-order valence-corrected chi connectivity index (χ0v) is 9.72. The fourth-order valence-corrected chi connectivity index (χ4v) is 2.36. The molecule has 82 valence electrons. The molecule has 1 N–H and O–H groups in total. The first-order valence-electron chi connectivity index (χ1n) is 4.93. The van der Waals surface area contributed by atoms with Crippen LogP contribution in [0.4, 0.5) is 5.69 Å². The summed E-state index contributed by atoms with van der Waals surface area (Å²) in [5.41, 5.74) is 1.59. The van der Waals surface area contributed by atoms with Crippen molar-refractivity contribution in [3.05, 3.63) is 21.9 Å². The first-order valence-corrected chi connectivity index (χ1v) is 5.68. The summed E-state index contributed by atoms with van der Waals surface area (Å²) in [6.45, 7) is 1.88. The van der Waals surface area contributed by atoms with Crippen LogP contribution >= 0.6 is 23.2 Å². The number of hydrogen-bond donors (Lipinski definition) is 1. The summed E-state index contributed by atoms with van der Waals surface area (Å²) in [7, 11) is 0. The van der Waals surface area contributed by atoms with Crippen molar-refractivity contribution >= 4 is 28.9 Å². The van der Waals surface area contributed by atoms with Gasteiger partial charge in [0, 0.05) is 24.3 Å². The molecule has 0 aromatic carbocycles. The van der Waals surface area contributed by atoms with Crippen LogP contribution in [0.15, 0.2) is 6.07 Å². The molecule has 3 nitrogen and oxygen atoms in total. The summed E-state index contributed by atoms with van der Waals surface area (Å²) in [5, 5.41) is 9.93. The van der Waals surface area contributed by atoms with E-state index in [1.54, 1.807) is 6.07 Å². The molecule has 1 aliphatic rings. The number of rotatable bonds is 2. The van der Waals surface area contributed by atoms with E-state index in [4.69, 9.17) is 23.2 Å². The fourth-order valence-electron chi connectivity index (χ4n) is 1.89. The topological polar surface area (TPSA) is 36.4 Å². The molecule has 5 heteroatoms. The van der Waals surface area contributed by atoms with Crippen LogP contribution < -0.4 is 4.90 Å². The molecule has 2 rings (SSSR count). The smallest absolute Gasteiger partial charge is 0.138 e. The maximum Gasteiger partial charge on any atom is 0.138 e. The molecule has 1 fully saturated rings. The van der Waals surface area contributed by atoms with E-state index in [0.717, 1.165) is 18.8 Å². The standard InChI is InChI=1S/C10H12Cl2N2O/c11-9-5-8(14-3-1-2-4-14)7(6-15)10(12)13-9/h5,15H,1-4,6H2. The Morgan fingerprint density at radius 3 is 2.60 bits per heavy atom. The van der Waals surface area contributed by atoms with Crippen molar-refractivity contribution in [1.82, 2.24) is 4.98 Å². The third kappa shape index (κ3) is 2.19. The lowest BCUT2D eigenvalue weighted by atomic mass is 10.2. The number of aliphatic hydroxyl groups excluding tert-OH is 1. The van der Waals surface area contributed by atoms with Gasteiger partial charge < -0.3 is 10.0 Å². The van der Waals surface area contributed by atoms with Crippen molar-refractivity contribution in [2.45, 2.75) is 19.4 Å². The highest BCUT2D eigenvalue weighted by atomic mass is 35.5. The highest BCUT2D eigenvalue weighted by Gasteiger charge is 2.18. The second-order valence-electron chi connectivity index (χ2n) is 3.59. The molecule has 15 heavy (non-hydrogen) atoms. The third-order valence-electron chi connectivity index (χ3n) is 2.62. The van der Waals surface area contributed by atoms with Gasteiger partial charge in [-0.15, -0.1) is 0 Å². The van der Waals surface area contributed by atoms with E-state index < -0.39 is 0 Å². The molecule has 0 amide bonds. The number of aromatic nitrogens is 1. The number of halogens is 2. The Bertz CT molecular complexity index is 365. The van der Waals surface area contributed by atoms with Crippen LogP contribution in [0.2, 0.25) is 10.3 Å². The van der Waals surface area contributed by atoms with E-state index in [0.29, 0.717) is 15.9 Å². The van der Waals surface area contributed by atoms with Crippen molar-refractivity contribution in [1.29, 1.82) is 0 Å². The summed E-state index contributed by atoms with van der Waals surface area (Å²) in [4.78, 5) is 6.11. The normalized spacial score (nSPS) is 16.1. The molecule has 0 atom stereocenters. The lowest BCUT2D eigenvalue weighted by molar-refractivity contribution is 0.281. The van der Waals surface area contributed by atoms with Crippen molar-refractivity contribution in [3.63, 3.8) is 0 Å². The van der Waals surface area contributed by atoms with Gasteiger partial charge in [0.15, 0.2) is 0 Å². The lowest BCUT2D eigenvalue weighted by Crippen LogP contribution is -2.19. The molecule has 1 aromatic rings. The molecule has 0 aliphatic carbocycles. The maximum absolute atomic E-state index is 9.26. The summed E-state index contributed by atoms with van der Waals surface area (Å²) in [6, 6.07) is 1.77. The van der Waals surface area contributed by atoms with E-state index in [9.17, 15) is 5.11 Å². The van der Waals surface area contributed by atoms with Gasteiger partial charge >= 0.3 is 0 Å². The first-order chi connectivity index (χ1) is 7.22. The molecular weight excluding hydrogens is 235 g/mol. The molecule has 0 bridgehead atoms. The highest BCUT2D eigenvalue weighted by molar-refractivity contribution is 6.33. The van der Waals surface area contributed by atoms with Gasteiger partial charge in [-0.2, -0.15) is 0 Å². The highest BCUT2D eigenvalue weighted by Crippen LogP contribution is 2.31. The van der Waals surface area contributed by atoms with Crippen molar-refractivity contribution in [2.24, 2.45) is 0 Å². The molecule has 0 radical (unpaired) electrons. The molecule has 0 unspecified atom stereocenters. The van der Waals surface area contributed by atoms with E-state index >= 15 is 0 Å². The Labute approximate surface area is 98.6 Å². The summed E-state index contributed by atoms with van der Waals surface area (Å²) in [6.07, 6.45) is 2.34. The minimum Gasteiger partial charge on any atom is -0.391 e. The first kappa shape index (κ1) is 11.0. The monoisotopic (exact) mass is 246 g/mol. The van der Waals surface area contributed by atoms with Gasteiger partial charge in [-0.25, -0.2) is 4.98 Å². The number of nitrogens with zero attached hydrogens (tertiary/aromatic N) is 2. The van der Waals surface area contributed by atoms with Crippen LogP contribution in [0.1, 0.15) is 18.4 Å². The third-order valence-corrected chi connectivity index (χ3v) is 3.13. The van der Waals surface area contributed by atoms with Crippen LogP contribution in [-0.4, -0.2) is 23.2 Å². The Morgan fingerprint density at radius 2 is 2.00 bits per heavy atom. The van der Waals surface area contributed by atoms with E-state index in [1.165, 1.54) is 12.8 Å². The molecule has 0 saturated carbocycles. The number of anilines is 1. The number of aliphatic hydroxyl groups is 1. The predicted molar refractivity (Wildman–Crippen MR) is 61.6 cm³/mol. The van der Waals surface area contributed by atoms with Gasteiger partial charge in [0.1, 0.15) is 10.3 Å². The van der Waals surface area contributed by atoms with Gasteiger partial charge in [-0.3, -0.25) is 0 Å². The van der Waals surface area contributed by atoms with Gasteiger partial charge in [0.2, 0.25) is 0 Å². The number of hydrogen-bond acceptors (Lipinski definition) is 3. The maximum atomic E-state index is 9.26. The van der Waals surface area contributed by atoms with Crippen molar-refractivity contribution < 1.29 is 5.11 Å². The lowest BCUT2D eigenvalue weighted by Gasteiger charge is -2.21. The van der Waals surface area contributed by atoms with Crippen LogP contribution in [0.3, 0.4) is 0 Å². The minimum absolute atomic E-state index is 0.102. The van der Waals surface area contributed by atoms with Crippen LogP contribution in [0, 0.1) is 0 Å². The molecule has 0 spiro atoms. The Morgan fingerprint density at radius 1 is 1.33 bits per heavy atom. The van der Waals surface area contributed by atoms with Gasteiger partial charge in [-0.1, -0.05) is 23.2 Å². The minimum atomic E-state index is -0.102. The Kier molecular flexibility index (Phi) is 3.34. The van der Waals surface area contributed by atoms with E-state index in [1.807, 2.05) is 0 Å².